The third-order valence-corrected chi connectivity index (χ3v) is 5.74. The predicted molar refractivity (Wildman–Crippen MR) is 138 cm³/mol. The molecule has 0 radical (unpaired) electrons. The van der Waals surface area contributed by atoms with Gasteiger partial charge in [0, 0.05) is 43.8 Å². The number of ether oxygens (including phenoxy) is 3. The molecule has 1 N–H and O–H groups in total. The molecule has 0 fully saturated rings. The lowest BCUT2D eigenvalue weighted by Gasteiger charge is -2.25. The lowest BCUT2D eigenvalue weighted by molar-refractivity contribution is -0.200. The molecule has 0 aliphatic heterocycles. The molecular weight excluding hydrogens is 458 g/mol. The van der Waals surface area contributed by atoms with E-state index in [0.717, 1.165) is 27.7 Å². The van der Waals surface area contributed by atoms with Crippen molar-refractivity contribution in [3.05, 3.63) is 54.6 Å². The van der Waals surface area contributed by atoms with E-state index in [0.29, 0.717) is 37.3 Å². The van der Waals surface area contributed by atoms with Gasteiger partial charge in [0.15, 0.2) is 12.1 Å². The van der Waals surface area contributed by atoms with Crippen molar-refractivity contribution in [3.8, 4) is 11.1 Å². The Morgan fingerprint density at radius 2 is 1.75 bits per heavy atom. The molecule has 0 bridgehead atoms. The zero-order valence-electron chi connectivity index (χ0n) is 21.4. The molecule has 190 valence electrons. The maximum Gasteiger partial charge on any atom is 0.185 e. The van der Waals surface area contributed by atoms with Gasteiger partial charge in [0.25, 0.3) is 0 Å². The third kappa shape index (κ3) is 6.20. The van der Waals surface area contributed by atoms with E-state index < -0.39 is 6.29 Å². The highest BCUT2D eigenvalue weighted by atomic mass is 16.7. The van der Waals surface area contributed by atoms with Gasteiger partial charge in [-0.05, 0) is 49.6 Å². The van der Waals surface area contributed by atoms with Crippen LogP contribution in [0.15, 0.2) is 49.1 Å². The Bertz CT molecular complexity index is 1270. The number of rotatable bonds is 12. The average molecular weight is 492 g/mol. The Labute approximate surface area is 211 Å². The molecule has 4 aromatic heterocycles. The van der Waals surface area contributed by atoms with Gasteiger partial charge in [-0.3, -0.25) is 9.67 Å². The Morgan fingerprint density at radius 1 is 0.944 bits per heavy atom. The highest BCUT2D eigenvalue weighted by Gasteiger charge is 2.23. The first kappa shape index (κ1) is 25.6. The molecule has 0 saturated heterocycles. The monoisotopic (exact) mass is 491 g/mol. The van der Waals surface area contributed by atoms with Crippen LogP contribution in [0.4, 0.5) is 11.6 Å². The predicted octanol–water partition coefficient (Wildman–Crippen LogP) is 4.56. The third-order valence-electron chi connectivity index (χ3n) is 5.74. The average Bonchev–Trinajstić information content (AvgIpc) is 3.35. The Morgan fingerprint density at radius 3 is 2.47 bits per heavy atom. The molecule has 0 aromatic carbocycles. The Kier molecular flexibility index (Phi) is 8.52. The van der Waals surface area contributed by atoms with Crippen LogP contribution in [0.1, 0.15) is 39.2 Å². The number of hydrogen-bond acceptors (Lipinski definition) is 9. The van der Waals surface area contributed by atoms with Crippen molar-refractivity contribution >= 4 is 22.7 Å². The van der Waals surface area contributed by atoms with Crippen molar-refractivity contribution in [1.82, 2.24) is 29.9 Å². The molecular formula is C26H33N7O3. The summed E-state index contributed by atoms with van der Waals surface area (Å²) in [6.45, 7) is 9.68. The number of hydrogen-bond donors (Lipinski definition) is 1. The van der Waals surface area contributed by atoms with E-state index in [2.05, 4.69) is 39.4 Å². The van der Waals surface area contributed by atoms with Gasteiger partial charge < -0.3 is 19.5 Å². The largest absolute Gasteiger partial charge is 0.374 e. The molecule has 0 saturated carbocycles. The van der Waals surface area contributed by atoms with E-state index in [1.807, 2.05) is 55.2 Å². The van der Waals surface area contributed by atoms with Crippen LogP contribution in [0.3, 0.4) is 0 Å². The van der Waals surface area contributed by atoms with Crippen LogP contribution in [0.25, 0.3) is 22.2 Å². The van der Waals surface area contributed by atoms with E-state index >= 15 is 0 Å². The van der Waals surface area contributed by atoms with Gasteiger partial charge >= 0.3 is 0 Å². The van der Waals surface area contributed by atoms with Gasteiger partial charge in [0.05, 0.1) is 30.0 Å². The van der Waals surface area contributed by atoms with Crippen molar-refractivity contribution in [1.29, 1.82) is 0 Å². The molecule has 36 heavy (non-hydrogen) atoms. The highest BCUT2D eigenvalue weighted by molar-refractivity contribution is 5.81. The number of pyridine rings is 2. The number of nitrogens with one attached hydrogen (secondary N) is 1. The summed E-state index contributed by atoms with van der Waals surface area (Å²) >= 11 is 0. The summed E-state index contributed by atoms with van der Waals surface area (Å²) < 4.78 is 18.8. The van der Waals surface area contributed by atoms with Crippen LogP contribution < -0.4 is 5.32 Å². The number of nitrogens with zero attached hydrogens (tertiary/aromatic N) is 6. The van der Waals surface area contributed by atoms with Crippen LogP contribution in [0.5, 0.6) is 0 Å². The van der Waals surface area contributed by atoms with Gasteiger partial charge in [0.2, 0.25) is 0 Å². The van der Waals surface area contributed by atoms with Gasteiger partial charge in [-0.2, -0.15) is 10.2 Å². The van der Waals surface area contributed by atoms with Gasteiger partial charge in [0.1, 0.15) is 11.9 Å². The minimum absolute atomic E-state index is 0.292. The zero-order chi connectivity index (χ0) is 25.5. The number of anilines is 2. The van der Waals surface area contributed by atoms with E-state index in [9.17, 15) is 0 Å². The first-order chi connectivity index (χ1) is 17.5. The highest BCUT2D eigenvalue weighted by Crippen LogP contribution is 2.24. The second-order valence-corrected chi connectivity index (χ2v) is 8.62. The fourth-order valence-corrected chi connectivity index (χ4v) is 3.78. The summed E-state index contributed by atoms with van der Waals surface area (Å²) in [5.41, 5.74) is 4.52. The van der Waals surface area contributed by atoms with Crippen LogP contribution in [0, 0.1) is 0 Å². The summed E-state index contributed by atoms with van der Waals surface area (Å²) in [4.78, 5) is 9.33. The first-order valence-corrected chi connectivity index (χ1v) is 12.2. The maximum absolute atomic E-state index is 5.70. The van der Waals surface area contributed by atoms with Crippen LogP contribution in [-0.4, -0.2) is 62.7 Å². The molecule has 1 unspecified atom stereocenters. The molecule has 4 aromatic rings. The summed E-state index contributed by atoms with van der Waals surface area (Å²) in [6, 6.07) is 7.81. The van der Waals surface area contributed by atoms with Gasteiger partial charge in [-0.15, -0.1) is 5.10 Å². The molecule has 0 aliphatic carbocycles. The number of methoxy groups -OCH3 is 1. The molecule has 10 heteroatoms. The molecule has 4 rings (SSSR count). The fraction of sp³-hybridized carbons (Fsp3) is 0.423. The molecule has 10 nitrogen and oxygen atoms in total. The van der Waals surface area contributed by atoms with Crippen molar-refractivity contribution in [2.24, 2.45) is 0 Å². The van der Waals surface area contributed by atoms with Crippen LogP contribution in [-0.2, 0) is 20.8 Å². The maximum atomic E-state index is 5.70. The van der Waals surface area contributed by atoms with Crippen LogP contribution in [0.2, 0.25) is 0 Å². The smallest absolute Gasteiger partial charge is 0.185 e. The summed E-state index contributed by atoms with van der Waals surface area (Å²) in [7, 11) is 1.65. The molecule has 1 atom stereocenters. The van der Waals surface area contributed by atoms with Crippen molar-refractivity contribution in [3.63, 3.8) is 0 Å². The van der Waals surface area contributed by atoms with Gasteiger partial charge in [-0.1, -0.05) is 13.8 Å². The molecule has 0 aliphatic rings. The molecule has 0 spiro atoms. The zero-order valence-corrected chi connectivity index (χ0v) is 21.4. The van der Waals surface area contributed by atoms with E-state index in [4.69, 9.17) is 19.2 Å². The van der Waals surface area contributed by atoms with E-state index in [1.54, 1.807) is 19.5 Å². The molecule has 4 heterocycles. The summed E-state index contributed by atoms with van der Waals surface area (Å²) in [5.74, 6) is 1.69. The lowest BCUT2D eigenvalue weighted by atomic mass is 10.1. The summed E-state index contributed by atoms with van der Waals surface area (Å²) in [6.07, 6.45) is 6.62. The standard InChI is InChI=1S/C26H33N7O3/c1-6-35-26(36-7-2)23(34-5)16-33-15-20(14-29-33)19-10-22-21(27-12-19)8-9-24(30-22)31-25-11-18(17(3)4)13-28-32-25/h8-15,17,23,26H,6-7,16H2,1-5H3,(H,30,31,32). The van der Waals surface area contributed by atoms with Crippen molar-refractivity contribution in [2.75, 3.05) is 25.6 Å². The SMILES string of the molecule is CCOC(OCC)C(Cn1cc(-c2cnc3ccc(Nc4cc(C(C)C)cnn4)nc3c2)cn1)OC. The number of aromatic nitrogens is 6. The second-order valence-electron chi connectivity index (χ2n) is 8.62. The minimum Gasteiger partial charge on any atom is -0.374 e. The fourth-order valence-electron chi connectivity index (χ4n) is 3.78. The van der Waals surface area contributed by atoms with E-state index in [-0.39, 0.29) is 6.10 Å². The second kappa shape index (κ2) is 12.0. The Balaban J connectivity index is 1.53. The number of fused-ring (bicyclic) bond motifs is 1. The molecule has 0 amide bonds. The normalized spacial score (nSPS) is 12.5. The topological polar surface area (TPSA) is 109 Å². The van der Waals surface area contributed by atoms with Crippen molar-refractivity contribution in [2.45, 2.75) is 52.6 Å². The first-order valence-electron chi connectivity index (χ1n) is 12.2. The Hall–Kier alpha value is -3.47. The van der Waals surface area contributed by atoms with Gasteiger partial charge in [-0.25, -0.2) is 4.98 Å². The quantitative estimate of drug-likeness (QED) is 0.285. The lowest BCUT2D eigenvalue weighted by Crippen LogP contribution is -2.37. The minimum atomic E-state index is -0.457. The van der Waals surface area contributed by atoms with Crippen LogP contribution >= 0.6 is 0 Å². The summed E-state index contributed by atoms with van der Waals surface area (Å²) in [5, 5.41) is 16.0. The van der Waals surface area contributed by atoms with E-state index in [1.165, 1.54) is 0 Å². The van der Waals surface area contributed by atoms with Crippen molar-refractivity contribution < 1.29 is 14.2 Å².